The molecule has 0 radical (unpaired) electrons. The molecule has 0 N–H and O–H groups in total. The first kappa shape index (κ1) is 12.5. The fourth-order valence-electron chi connectivity index (χ4n) is 2.77. The van der Waals surface area contributed by atoms with Gasteiger partial charge < -0.3 is 14.4 Å². The van der Waals surface area contributed by atoms with Crippen LogP contribution in [0.4, 0.5) is 5.69 Å². The highest BCUT2D eigenvalue weighted by Gasteiger charge is 2.20. The second-order valence-corrected chi connectivity index (χ2v) is 5.68. The number of piperazine rings is 1. The van der Waals surface area contributed by atoms with Crippen LogP contribution in [-0.2, 0) is 0 Å². The van der Waals surface area contributed by atoms with Crippen LogP contribution in [0, 0.1) is 0 Å². The molecule has 102 valence electrons. The lowest BCUT2D eigenvalue weighted by Crippen LogP contribution is -2.44. The van der Waals surface area contributed by atoms with Gasteiger partial charge in [0.1, 0.15) is 5.52 Å². The lowest BCUT2D eigenvalue weighted by atomic mass is 10.3. The Morgan fingerprint density at radius 2 is 1.89 bits per heavy atom. The van der Waals surface area contributed by atoms with Gasteiger partial charge in [0.25, 0.3) is 0 Å². The zero-order chi connectivity index (χ0) is 13.4. The summed E-state index contributed by atoms with van der Waals surface area (Å²) in [6.07, 6.45) is 4.17. The van der Waals surface area contributed by atoms with Crippen molar-refractivity contribution in [3.63, 3.8) is 0 Å². The number of hydrogen-bond acceptors (Lipinski definition) is 3. The molecule has 0 unspecified atom stereocenters. The quantitative estimate of drug-likeness (QED) is 0.826. The standard InChI is InChI=1S/C15H22N4/c1-12(2)19-11-14(15-13(19)5-4-6-16-15)18-9-7-17(3)8-10-18/h4-6,11-12H,7-10H2,1-3H3. The number of pyridine rings is 1. The van der Waals surface area contributed by atoms with E-state index >= 15 is 0 Å². The molecule has 2 aromatic rings. The highest BCUT2D eigenvalue weighted by Crippen LogP contribution is 2.30. The number of rotatable bonds is 2. The fourth-order valence-corrected chi connectivity index (χ4v) is 2.77. The van der Waals surface area contributed by atoms with Crippen LogP contribution in [0.15, 0.2) is 24.5 Å². The van der Waals surface area contributed by atoms with Crippen LogP contribution in [0.25, 0.3) is 11.0 Å². The smallest absolute Gasteiger partial charge is 0.111 e. The van der Waals surface area contributed by atoms with Crippen LogP contribution in [-0.4, -0.2) is 47.7 Å². The predicted octanol–water partition coefficient (Wildman–Crippen LogP) is 2.37. The molecule has 0 bridgehead atoms. The average molecular weight is 258 g/mol. The Labute approximate surface area is 114 Å². The van der Waals surface area contributed by atoms with Crippen LogP contribution in [0.2, 0.25) is 0 Å². The third-order valence-electron chi connectivity index (χ3n) is 3.97. The SMILES string of the molecule is CC(C)n1cc(N2CCN(C)CC2)c2ncccc21. The van der Waals surface area contributed by atoms with Crippen molar-refractivity contribution in [3.8, 4) is 0 Å². The van der Waals surface area contributed by atoms with E-state index in [0.717, 1.165) is 31.7 Å². The Morgan fingerprint density at radius 3 is 2.58 bits per heavy atom. The van der Waals surface area contributed by atoms with E-state index in [1.165, 1.54) is 11.2 Å². The number of aromatic nitrogens is 2. The maximum atomic E-state index is 4.60. The minimum absolute atomic E-state index is 0.466. The minimum atomic E-state index is 0.466. The molecule has 4 nitrogen and oxygen atoms in total. The topological polar surface area (TPSA) is 24.3 Å². The molecule has 0 atom stereocenters. The summed E-state index contributed by atoms with van der Waals surface area (Å²) in [7, 11) is 2.19. The second kappa shape index (κ2) is 4.85. The van der Waals surface area contributed by atoms with Gasteiger partial charge in [-0.3, -0.25) is 4.98 Å². The van der Waals surface area contributed by atoms with Crippen LogP contribution in [0.1, 0.15) is 19.9 Å². The van der Waals surface area contributed by atoms with Gasteiger partial charge in [-0.2, -0.15) is 0 Å². The first-order valence-electron chi connectivity index (χ1n) is 7.06. The van der Waals surface area contributed by atoms with Gasteiger partial charge in [-0.25, -0.2) is 0 Å². The molecular weight excluding hydrogens is 236 g/mol. The summed E-state index contributed by atoms with van der Waals surface area (Å²) >= 11 is 0. The fraction of sp³-hybridized carbons (Fsp3) is 0.533. The Balaban J connectivity index is 2.03. The molecule has 1 aliphatic rings. The summed E-state index contributed by atoms with van der Waals surface area (Å²) < 4.78 is 2.33. The number of fused-ring (bicyclic) bond motifs is 1. The molecule has 0 spiro atoms. The molecule has 0 amide bonds. The molecule has 19 heavy (non-hydrogen) atoms. The third kappa shape index (κ3) is 2.21. The van der Waals surface area contributed by atoms with E-state index in [9.17, 15) is 0 Å². The van der Waals surface area contributed by atoms with Crippen LogP contribution < -0.4 is 4.90 Å². The largest absolute Gasteiger partial charge is 0.366 e. The van der Waals surface area contributed by atoms with Crippen molar-refractivity contribution >= 4 is 16.7 Å². The van der Waals surface area contributed by atoms with Crippen molar-refractivity contribution in [2.45, 2.75) is 19.9 Å². The van der Waals surface area contributed by atoms with Gasteiger partial charge >= 0.3 is 0 Å². The molecule has 0 aliphatic carbocycles. The Morgan fingerprint density at radius 1 is 1.16 bits per heavy atom. The molecule has 2 aromatic heterocycles. The first-order chi connectivity index (χ1) is 9.16. The average Bonchev–Trinajstić information content (AvgIpc) is 2.79. The third-order valence-corrected chi connectivity index (χ3v) is 3.97. The molecular formula is C15H22N4. The first-order valence-corrected chi connectivity index (χ1v) is 7.06. The summed E-state index contributed by atoms with van der Waals surface area (Å²) in [4.78, 5) is 9.45. The minimum Gasteiger partial charge on any atom is -0.366 e. The van der Waals surface area contributed by atoms with E-state index < -0.39 is 0 Å². The van der Waals surface area contributed by atoms with Gasteiger partial charge in [-0.1, -0.05) is 0 Å². The van der Waals surface area contributed by atoms with Crippen molar-refractivity contribution in [2.75, 3.05) is 38.1 Å². The van der Waals surface area contributed by atoms with Gasteiger partial charge in [0.15, 0.2) is 0 Å². The van der Waals surface area contributed by atoms with Crippen LogP contribution in [0.3, 0.4) is 0 Å². The van der Waals surface area contributed by atoms with E-state index in [0.29, 0.717) is 6.04 Å². The molecule has 1 fully saturated rings. The zero-order valence-electron chi connectivity index (χ0n) is 12.0. The molecule has 1 saturated heterocycles. The van der Waals surface area contributed by atoms with Crippen molar-refractivity contribution in [1.29, 1.82) is 0 Å². The summed E-state index contributed by atoms with van der Waals surface area (Å²) in [6.45, 7) is 8.87. The highest BCUT2D eigenvalue weighted by atomic mass is 15.3. The van der Waals surface area contributed by atoms with Gasteiger partial charge in [0, 0.05) is 44.6 Å². The summed E-state index contributed by atoms with van der Waals surface area (Å²) in [6, 6.07) is 4.66. The van der Waals surface area contributed by atoms with Crippen molar-refractivity contribution < 1.29 is 0 Å². The molecule has 1 aliphatic heterocycles. The van der Waals surface area contributed by atoms with Crippen molar-refractivity contribution in [2.24, 2.45) is 0 Å². The molecule has 0 saturated carbocycles. The van der Waals surface area contributed by atoms with E-state index in [-0.39, 0.29) is 0 Å². The Kier molecular flexibility index (Phi) is 3.19. The normalized spacial score (nSPS) is 17.6. The van der Waals surface area contributed by atoms with Crippen molar-refractivity contribution in [1.82, 2.24) is 14.5 Å². The number of anilines is 1. The lowest BCUT2D eigenvalue weighted by molar-refractivity contribution is 0.313. The Hall–Kier alpha value is -1.55. The lowest BCUT2D eigenvalue weighted by Gasteiger charge is -2.33. The van der Waals surface area contributed by atoms with Gasteiger partial charge in [-0.15, -0.1) is 0 Å². The highest BCUT2D eigenvalue weighted by molar-refractivity contribution is 5.90. The number of hydrogen-bond donors (Lipinski definition) is 0. The summed E-state index contributed by atoms with van der Waals surface area (Å²) in [5.74, 6) is 0. The zero-order valence-corrected chi connectivity index (χ0v) is 12.0. The molecule has 0 aromatic carbocycles. The summed E-state index contributed by atoms with van der Waals surface area (Å²) in [5, 5.41) is 0. The molecule has 3 heterocycles. The second-order valence-electron chi connectivity index (χ2n) is 5.68. The van der Waals surface area contributed by atoms with Gasteiger partial charge in [0.05, 0.1) is 11.2 Å². The molecule has 4 heteroatoms. The van der Waals surface area contributed by atoms with Gasteiger partial charge in [-0.05, 0) is 33.0 Å². The van der Waals surface area contributed by atoms with Crippen molar-refractivity contribution in [3.05, 3.63) is 24.5 Å². The van der Waals surface area contributed by atoms with Crippen LogP contribution in [0.5, 0.6) is 0 Å². The van der Waals surface area contributed by atoms with E-state index in [1.54, 1.807) is 0 Å². The van der Waals surface area contributed by atoms with E-state index in [1.807, 2.05) is 12.3 Å². The maximum absolute atomic E-state index is 4.60. The Bertz CT molecular complexity index is 565. The number of nitrogens with zero attached hydrogens (tertiary/aromatic N) is 4. The van der Waals surface area contributed by atoms with E-state index in [2.05, 4.69) is 52.5 Å². The van der Waals surface area contributed by atoms with Gasteiger partial charge in [0.2, 0.25) is 0 Å². The monoisotopic (exact) mass is 258 g/mol. The molecule has 3 rings (SSSR count). The van der Waals surface area contributed by atoms with Crippen LogP contribution >= 0.6 is 0 Å². The maximum Gasteiger partial charge on any atom is 0.111 e. The predicted molar refractivity (Wildman–Crippen MR) is 79.8 cm³/mol. The number of likely N-dealkylation sites (N-methyl/N-ethyl adjacent to an activating group) is 1. The summed E-state index contributed by atoms with van der Waals surface area (Å²) in [5.41, 5.74) is 3.67. The van der Waals surface area contributed by atoms with E-state index in [4.69, 9.17) is 0 Å².